The second-order valence-corrected chi connectivity index (χ2v) is 5.56. The zero-order valence-corrected chi connectivity index (χ0v) is 12.0. The molecule has 0 saturated carbocycles. The van der Waals surface area contributed by atoms with Gasteiger partial charge in [-0.15, -0.1) is 11.3 Å². The Morgan fingerprint density at radius 2 is 2.00 bits per heavy atom. The predicted octanol–water partition coefficient (Wildman–Crippen LogP) is 2.76. The molecule has 0 unspecified atom stereocenters. The molecule has 2 aromatic rings. The summed E-state index contributed by atoms with van der Waals surface area (Å²) in [5, 5.41) is 5.12. The minimum absolute atomic E-state index is 0.215. The zero-order valence-electron chi connectivity index (χ0n) is 11.2. The third-order valence-electron chi connectivity index (χ3n) is 2.97. The smallest absolute Gasteiger partial charge is 0.315 e. The summed E-state index contributed by atoms with van der Waals surface area (Å²) in [5.74, 6) is 0. The maximum absolute atomic E-state index is 12.6. The van der Waals surface area contributed by atoms with Gasteiger partial charge in [0.05, 0.1) is 5.56 Å². The maximum atomic E-state index is 12.6. The summed E-state index contributed by atoms with van der Waals surface area (Å²) in [6.45, 7) is 1.40. The molecule has 1 N–H and O–H groups in total. The van der Waals surface area contributed by atoms with E-state index in [-0.39, 0.29) is 6.54 Å². The fraction of sp³-hybridized carbons (Fsp3) is 0.357. The number of hydrogen-bond acceptors (Lipinski definition) is 3. The molecule has 0 aliphatic rings. The molecule has 0 aliphatic carbocycles. The summed E-state index contributed by atoms with van der Waals surface area (Å²) >= 11 is 1.66. The van der Waals surface area contributed by atoms with Crippen molar-refractivity contribution >= 4 is 11.3 Å². The van der Waals surface area contributed by atoms with Crippen LogP contribution in [0.15, 0.2) is 40.6 Å². The lowest BCUT2D eigenvalue weighted by atomic mass is 10.3. The van der Waals surface area contributed by atoms with Crippen LogP contribution in [0, 0.1) is 0 Å². The van der Waals surface area contributed by atoms with Crippen molar-refractivity contribution in [1.82, 2.24) is 9.88 Å². The summed E-state index contributed by atoms with van der Waals surface area (Å²) < 4.78 is 38.8. The summed E-state index contributed by atoms with van der Waals surface area (Å²) in [4.78, 5) is 12.8. The quantitative estimate of drug-likeness (QED) is 0.832. The number of alkyl halides is 3. The van der Waals surface area contributed by atoms with Crippen molar-refractivity contribution in [2.45, 2.75) is 19.1 Å². The molecule has 0 fully saturated rings. The first-order chi connectivity index (χ1) is 9.97. The van der Waals surface area contributed by atoms with E-state index < -0.39 is 17.3 Å². The Balaban J connectivity index is 1.84. The molecule has 3 nitrogen and oxygen atoms in total. The first kappa shape index (κ1) is 15.8. The molecule has 0 aromatic carbocycles. The standard InChI is InChI=1S/C14H15F3N2OS/c15-14(16,17)11-3-4-13(20)19(10-11)8-7-18-6-5-12-2-1-9-21-12/h1-4,9-10,18H,5-8H2. The van der Waals surface area contributed by atoms with Crippen LogP contribution in [0.2, 0.25) is 0 Å². The lowest BCUT2D eigenvalue weighted by molar-refractivity contribution is -0.138. The number of hydrogen-bond donors (Lipinski definition) is 1. The molecule has 114 valence electrons. The van der Waals surface area contributed by atoms with Gasteiger partial charge >= 0.3 is 6.18 Å². The summed E-state index contributed by atoms with van der Waals surface area (Å²) in [5.41, 5.74) is -1.23. The Hall–Kier alpha value is -1.60. The molecule has 0 spiro atoms. The lowest BCUT2D eigenvalue weighted by Gasteiger charge is -2.11. The normalized spacial score (nSPS) is 11.8. The maximum Gasteiger partial charge on any atom is 0.417 e. The van der Waals surface area contributed by atoms with E-state index in [2.05, 4.69) is 5.32 Å². The van der Waals surface area contributed by atoms with Crippen LogP contribution in [0.3, 0.4) is 0 Å². The van der Waals surface area contributed by atoms with Gasteiger partial charge in [-0.1, -0.05) is 6.07 Å². The van der Waals surface area contributed by atoms with Crippen LogP contribution in [0.25, 0.3) is 0 Å². The van der Waals surface area contributed by atoms with Crippen LogP contribution in [-0.4, -0.2) is 17.7 Å². The molecular formula is C14H15F3N2OS. The number of thiophene rings is 1. The van der Waals surface area contributed by atoms with Gasteiger partial charge in [-0.3, -0.25) is 4.79 Å². The van der Waals surface area contributed by atoms with Crippen LogP contribution in [0.5, 0.6) is 0 Å². The summed E-state index contributed by atoms with van der Waals surface area (Å²) in [6.07, 6.45) is -2.69. The highest BCUT2D eigenvalue weighted by Crippen LogP contribution is 2.27. The Labute approximate surface area is 124 Å². The van der Waals surface area contributed by atoms with E-state index in [1.165, 1.54) is 4.88 Å². The van der Waals surface area contributed by atoms with Crippen LogP contribution >= 0.6 is 11.3 Å². The number of pyridine rings is 1. The molecule has 0 aliphatic heterocycles. The van der Waals surface area contributed by atoms with Crippen LogP contribution < -0.4 is 10.9 Å². The van der Waals surface area contributed by atoms with Gasteiger partial charge in [0, 0.05) is 36.8 Å². The second-order valence-electron chi connectivity index (χ2n) is 4.53. The Kier molecular flexibility index (Phi) is 5.19. The van der Waals surface area contributed by atoms with Gasteiger partial charge in [0.15, 0.2) is 0 Å². The summed E-state index contributed by atoms with van der Waals surface area (Å²) in [7, 11) is 0. The SMILES string of the molecule is O=c1ccc(C(F)(F)F)cn1CCNCCc1cccs1. The molecule has 0 amide bonds. The number of aromatic nitrogens is 1. The van der Waals surface area contributed by atoms with E-state index in [4.69, 9.17) is 0 Å². The molecule has 2 aromatic heterocycles. The van der Waals surface area contributed by atoms with E-state index >= 15 is 0 Å². The average Bonchev–Trinajstić information content (AvgIpc) is 2.92. The Bertz CT molecular complexity index is 620. The van der Waals surface area contributed by atoms with E-state index in [9.17, 15) is 18.0 Å². The predicted molar refractivity (Wildman–Crippen MR) is 76.6 cm³/mol. The number of nitrogens with zero attached hydrogens (tertiary/aromatic N) is 1. The van der Waals surface area contributed by atoms with E-state index in [0.29, 0.717) is 6.54 Å². The first-order valence-corrected chi connectivity index (χ1v) is 7.35. The van der Waals surface area contributed by atoms with Gasteiger partial charge in [0.2, 0.25) is 0 Å². The van der Waals surface area contributed by atoms with Crippen LogP contribution in [-0.2, 0) is 19.1 Å². The molecule has 0 radical (unpaired) electrons. The van der Waals surface area contributed by atoms with Gasteiger partial charge in [0.25, 0.3) is 5.56 Å². The molecule has 7 heteroatoms. The highest BCUT2D eigenvalue weighted by atomic mass is 32.1. The van der Waals surface area contributed by atoms with Crippen LogP contribution in [0.1, 0.15) is 10.4 Å². The number of rotatable bonds is 6. The third-order valence-corrected chi connectivity index (χ3v) is 3.90. The van der Waals surface area contributed by atoms with E-state index in [1.54, 1.807) is 11.3 Å². The molecule has 0 saturated heterocycles. The van der Waals surface area contributed by atoms with Gasteiger partial charge in [-0.25, -0.2) is 0 Å². The third kappa shape index (κ3) is 4.71. The minimum Gasteiger partial charge on any atom is -0.315 e. The number of nitrogens with one attached hydrogen (secondary N) is 1. The average molecular weight is 316 g/mol. The number of halogens is 3. The molecule has 21 heavy (non-hydrogen) atoms. The Morgan fingerprint density at radius 3 is 2.67 bits per heavy atom. The monoisotopic (exact) mass is 316 g/mol. The topological polar surface area (TPSA) is 34.0 Å². The van der Waals surface area contributed by atoms with Crippen molar-refractivity contribution in [2.24, 2.45) is 0 Å². The van der Waals surface area contributed by atoms with E-state index in [1.807, 2.05) is 17.5 Å². The van der Waals surface area contributed by atoms with E-state index in [0.717, 1.165) is 35.9 Å². The first-order valence-electron chi connectivity index (χ1n) is 6.47. The minimum atomic E-state index is -4.43. The fourth-order valence-electron chi connectivity index (χ4n) is 1.86. The molecule has 2 rings (SSSR count). The van der Waals surface area contributed by atoms with Crippen molar-refractivity contribution in [3.63, 3.8) is 0 Å². The highest BCUT2D eigenvalue weighted by Gasteiger charge is 2.30. The largest absolute Gasteiger partial charge is 0.417 e. The van der Waals surface area contributed by atoms with Gasteiger partial charge in [-0.2, -0.15) is 13.2 Å². The van der Waals surface area contributed by atoms with Gasteiger partial charge in [-0.05, 0) is 23.9 Å². The lowest BCUT2D eigenvalue weighted by Crippen LogP contribution is -2.28. The van der Waals surface area contributed by atoms with Gasteiger partial charge in [0.1, 0.15) is 0 Å². The van der Waals surface area contributed by atoms with Gasteiger partial charge < -0.3 is 9.88 Å². The molecular weight excluding hydrogens is 301 g/mol. The van der Waals surface area contributed by atoms with Crippen molar-refractivity contribution in [2.75, 3.05) is 13.1 Å². The highest BCUT2D eigenvalue weighted by molar-refractivity contribution is 7.09. The summed E-state index contributed by atoms with van der Waals surface area (Å²) in [6, 6.07) is 5.77. The second kappa shape index (κ2) is 6.91. The molecule has 0 atom stereocenters. The zero-order chi connectivity index (χ0) is 15.3. The van der Waals surface area contributed by atoms with Crippen molar-refractivity contribution in [3.8, 4) is 0 Å². The van der Waals surface area contributed by atoms with Crippen molar-refractivity contribution in [1.29, 1.82) is 0 Å². The molecule has 0 bridgehead atoms. The Morgan fingerprint density at radius 1 is 1.19 bits per heavy atom. The van der Waals surface area contributed by atoms with Crippen LogP contribution in [0.4, 0.5) is 13.2 Å². The van der Waals surface area contributed by atoms with Crippen molar-refractivity contribution in [3.05, 3.63) is 56.6 Å². The van der Waals surface area contributed by atoms with Crippen molar-refractivity contribution < 1.29 is 13.2 Å². The molecule has 2 heterocycles. The fourth-order valence-corrected chi connectivity index (χ4v) is 2.57.